The number of nitrogens with two attached hydrogens (primary N) is 1. The fraction of sp³-hybridized carbons (Fsp3) is 0.714. The molecule has 1 aliphatic rings. The van der Waals surface area contributed by atoms with Crippen molar-refractivity contribution in [2.75, 3.05) is 45.1 Å². The van der Waals surface area contributed by atoms with Crippen LogP contribution in [0.25, 0.3) is 0 Å². The van der Waals surface area contributed by atoms with Crippen molar-refractivity contribution in [3.05, 3.63) is 11.4 Å². The molecule has 1 saturated heterocycles. The number of nitrogen functional groups attached to an aromatic ring is 1. The van der Waals surface area contributed by atoms with Crippen LogP contribution in [0.2, 0.25) is 0 Å². The first-order chi connectivity index (χ1) is 10.1. The molecule has 1 aromatic rings. The third-order valence-corrected chi connectivity index (χ3v) is 3.97. The summed E-state index contributed by atoms with van der Waals surface area (Å²) in [5, 5.41) is 13.3. The molecular weight excluding hydrogens is 270 g/mol. The highest BCUT2D eigenvalue weighted by Crippen LogP contribution is 2.19. The topological polar surface area (TPSA) is 87.6 Å². The number of carbonyl (C=O) groups is 1. The van der Waals surface area contributed by atoms with Crippen LogP contribution >= 0.6 is 0 Å². The minimum atomic E-state index is -0.0409. The summed E-state index contributed by atoms with van der Waals surface area (Å²) in [6, 6.07) is 0. The van der Waals surface area contributed by atoms with Crippen LogP contribution in [0.1, 0.15) is 29.5 Å². The minimum absolute atomic E-state index is 0.0409. The third-order valence-electron chi connectivity index (χ3n) is 3.97. The number of carbonyl (C=O) groups excluding carboxylic acids is 1. The predicted octanol–water partition coefficient (Wildman–Crippen LogP) is -0.0662. The van der Waals surface area contributed by atoms with E-state index < -0.39 is 0 Å². The molecule has 7 heteroatoms. The predicted molar refractivity (Wildman–Crippen MR) is 81.1 cm³/mol. The van der Waals surface area contributed by atoms with Crippen LogP contribution in [0.3, 0.4) is 0 Å². The van der Waals surface area contributed by atoms with Crippen molar-refractivity contribution in [3.8, 4) is 0 Å². The molecule has 0 saturated carbocycles. The summed E-state index contributed by atoms with van der Waals surface area (Å²) in [7, 11) is 0. The molecular formula is C14H25N5O2. The van der Waals surface area contributed by atoms with Gasteiger partial charge in [0.1, 0.15) is 5.69 Å². The lowest BCUT2D eigenvalue weighted by atomic mass is 10.2. The van der Waals surface area contributed by atoms with Gasteiger partial charge in [0.05, 0.1) is 18.0 Å². The SMILES string of the molecule is CCn1nc(C)c(N)c1C(=O)N1CCCN(CCO)CC1. The molecule has 0 radical (unpaired) electrons. The zero-order chi connectivity index (χ0) is 15.4. The second-order valence-electron chi connectivity index (χ2n) is 5.37. The largest absolute Gasteiger partial charge is 0.395 e. The molecule has 1 fully saturated rings. The number of nitrogens with zero attached hydrogens (tertiary/aromatic N) is 4. The number of amides is 1. The second kappa shape index (κ2) is 6.91. The van der Waals surface area contributed by atoms with Gasteiger partial charge in [-0.3, -0.25) is 14.4 Å². The number of aryl methyl sites for hydroxylation is 2. The van der Waals surface area contributed by atoms with Crippen molar-refractivity contribution < 1.29 is 9.90 Å². The molecule has 0 atom stereocenters. The van der Waals surface area contributed by atoms with Crippen molar-refractivity contribution in [3.63, 3.8) is 0 Å². The Hall–Kier alpha value is -1.60. The number of β-amino-alcohol motifs (C(OH)–C–C–N with tert-alkyl or cyclic N) is 1. The number of aliphatic hydroxyl groups excluding tert-OH is 1. The number of hydrogen-bond acceptors (Lipinski definition) is 5. The average Bonchev–Trinajstić information content (AvgIpc) is 2.66. The third kappa shape index (κ3) is 3.36. The van der Waals surface area contributed by atoms with Gasteiger partial charge < -0.3 is 15.7 Å². The molecule has 2 rings (SSSR count). The Bertz CT molecular complexity index is 500. The summed E-state index contributed by atoms with van der Waals surface area (Å²) in [4.78, 5) is 16.8. The molecule has 0 aliphatic carbocycles. The van der Waals surface area contributed by atoms with Crippen LogP contribution in [0.5, 0.6) is 0 Å². The summed E-state index contributed by atoms with van der Waals surface area (Å²) < 4.78 is 1.68. The van der Waals surface area contributed by atoms with Crippen molar-refractivity contribution >= 4 is 11.6 Å². The van der Waals surface area contributed by atoms with E-state index in [0.717, 1.165) is 19.5 Å². The van der Waals surface area contributed by atoms with Crippen molar-refractivity contribution in [1.29, 1.82) is 0 Å². The highest BCUT2D eigenvalue weighted by Gasteiger charge is 2.26. The number of anilines is 1. The van der Waals surface area contributed by atoms with E-state index in [9.17, 15) is 4.79 Å². The summed E-state index contributed by atoms with van der Waals surface area (Å²) >= 11 is 0. The molecule has 21 heavy (non-hydrogen) atoms. The highest BCUT2D eigenvalue weighted by molar-refractivity contribution is 5.98. The molecule has 3 N–H and O–H groups in total. The fourth-order valence-corrected chi connectivity index (χ4v) is 2.74. The van der Waals surface area contributed by atoms with Crippen LogP contribution in [-0.2, 0) is 6.54 Å². The smallest absolute Gasteiger partial charge is 0.274 e. The Morgan fingerprint density at radius 3 is 2.76 bits per heavy atom. The van der Waals surface area contributed by atoms with E-state index >= 15 is 0 Å². The lowest BCUT2D eigenvalue weighted by molar-refractivity contribution is 0.0749. The maximum Gasteiger partial charge on any atom is 0.274 e. The molecule has 7 nitrogen and oxygen atoms in total. The van der Waals surface area contributed by atoms with Crippen molar-refractivity contribution in [2.24, 2.45) is 0 Å². The van der Waals surface area contributed by atoms with E-state index in [1.807, 2.05) is 18.7 Å². The van der Waals surface area contributed by atoms with Gasteiger partial charge in [0, 0.05) is 32.7 Å². The molecule has 0 bridgehead atoms. The molecule has 118 valence electrons. The van der Waals surface area contributed by atoms with Gasteiger partial charge in [0.15, 0.2) is 0 Å². The Kier molecular flexibility index (Phi) is 5.19. The zero-order valence-corrected chi connectivity index (χ0v) is 12.9. The molecule has 0 aromatic carbocycles. The molecule has 1 aliphatic heterocycles. The summed E-state index contributed by atoms with van der Waals surface area (Å²) in [5.41, 5.74) is 7.72. The summed E-state index contributed by atoms with van der Waals surface area (Å²) in [5.74, 6) is -0.0409. The number of aromatic nitrogens is 2. The highest BCUT2D eigenvalue weighted by atomic mass is 16.3. The molecule has 1 aromatic heterocycles. The molecule has 2 heterocycles. The van der Waals surface area contributed by atoms with Crippen LogP contribution in [0, 0.1) is 6.92 Å². The van der Waals surface area contributed by atoms with Gasteiger partial charge in [0.2, 0.25) is 0 Å². The maximum atomic E-state index is 12.7. The Balaban J connectivity index is 2.13. The van der Waals surface area contributed by atoms with Crippen LogP contribution in [-0.4, -0.2) is 69.9 Å². The summed E-state index contributed by atoms with van der Waals surface area (Å²) in [6.45, 7) is 8.29. The van der Waals surface area contributed by atoms with Crippen molar-refractivity contribution in [1.82, 2.24) is 19.6 Å². The Morgan fingerprint density at radius 2 is 2.10 bits per heavy atom. The van der Waals surface area contributed by atoms with Gasteiger partial charge in [0.25, 0.3) is 5.91 Å². The van der Waals surface area contributed by atoms with Gasteiger partial charge in [-0.2, -0.15) is 5.10 Å². The van der Waals surface area contributed by atoms with Crippen LogP contribution < -0.4 is 5.73 Å². The molecule has 0 unspecified atom stereocenters. The van der Waals surface area contributed by atoms with Crippen LogP contribution in [0.4, 0.5) is 5.69 Å². The van der Waals surface area contributed by atoms with E-state index in [1.165, 1.54) is 0 Å². The van der Waals surface area contributed by atoms with Gasteiger partial charge in [-0.1, -0.05) is 0 Å². The zero-order valence-electron chi connectivity index (χ0n) is 12.9. The van der Waals surface area contributed by atoms with E-state index in [-0.39, 0.29) is 12.5 Å². The van der Waals surface area contributed by atoms with E-state index in [2.05, 4.69) is 10.00 Å². The summed E-state index contributed by atoms with van der Waals surface area (Å²) in [6.07, 6.45) is 0.908. The maximum absolute atomic E-state index is 12.7. The number of aliphatic hydroxyl groups is 1. The van der Waals surface area contributed by atoms with E-state index in [1.54, 1.807) is 4.68 Å². The van der Waals surface area contributed by atoms with E-state index in [4.69, 9.17) is 10.8 Å². The Labute approximate surface area is 125 Å². The average molecular weight is 295 g/mol. The first-order valence-electron chi connectivity index (χ1n) is 7.53. The normalized spacial score (nSPS) is 17.0. The van der Waals surface area contributed by atoms with Gasteiger partial charge >= 0.3 is 0 Å². The van der Waals surface area contributed by atoms with E-state index in [0.29, 0.717) is 43.3 Å². The second-order valence-corrected chi connectivity index (χ2v) is 5.37. The first kappa shape index (κ1) is 15.8. The lowest BCUT2D eigenvalue weighted by Crippen LogP contribution is -2.37. The first-order valence-corrected chi connectivity index (χ1v) is 7.53. The Morgan fingerprint density at radius 1 is 1.33 bits per heavy atom. The van der Waals surface area contributed by atoms with Crippen LogP contribution in [0.15, 0.2) is 0 Å². The van der Waals surface area contributed by atoms with Gasteiger partial charge in [-0.05, 0) is 26.8 Å². The quantitative estimate of drug-likeness (QED) is 0.812. The number of rotatable bonds is 4. The molecule has 1 amide bonds. The van der Waals surface area contributed by atoms with Gasteiger partial charge in [-0.25, -0.2) is 0 Å². The van der Waals surface area contributed by atoms with Crippen molar-refractivity contribution in [2.45, 2.75) is 26.8 Å². The standard InChI is InChI=1S/C14H25N5O2/c1-3-19-13(12(15)11(2)16-19)14(21)18-6-4-5-17(7-8-18)9-10-20/h20H,3-10,15H2,1-2H3. The number of hydrogen-bond donors (Lipinski definition) is 2. The lowest BCUT2D eigenvalue weighted by Gasteiger charge is -2.22. The molecule has 0 spiro atoms. The van der Waals surface area contributed by atoms with Gasteiger partial charge in [-0.15, -0.1) is 0 Å². The fourth-order valence-electron chi connectivity index (χ4n) is 2.74. The monoisotopic (exact) mass is 295 g/mol. The minimum Gasteiger partial charge on any atom is -0.395 e.